The molecule has 130 valence electrons. The van der Waals surface area contributed by atoms with Gasteiger partial charge in [0, 0.05) is 37.0 Å². The maximum atomic E-state index is 13.3. The first-order valence-electron chi connectivity index (χ1n) is 7.80. The van der Waals surface area contributed by atoms with Crippen molar-refractivity contribution < 1.29 is 18.4 Å². The molecule has 2 N–H and O–H groups in total. The van der Waals surface area contributed by atoms with Gasteiger partial charge in [0.25, 0.3) is 5.91 Å². The first kappa shape index (κ1) is 16.9. The van der Waals surface area contributed by atoms with E-state index in [1.54, 1.807) is 24.3 Å². The lowest BCUT2D eigenvalue weighted by Crippen LogP contribution is -2.51. The van der Waals surface area contributed by atoms with Crippen molar-refractivity contribution in [3.63, 3.8) is 0 Å². The molecule has 0 unspecified atom stereocenters. The number of nitrogen functional groups attached to an aromatic ring is 1. The molecule has 2 amide bonds. The normalized spacial score (nSPS) is 14.7. The lowest BCUT2D eigenvalue weighted by atomic mass is 10.1. The minimum atomic E-state index is -0.681. The largest absolute Gasteiger partial charge is 0.399 e. The summed E-state index contributed by atoms with van der Waals surface area (Å²) in [6.45, 7) is 0.697. The quantitative estimate of drug-likeness (QED) is 0.866. The molecule has 2 aromatic carbocycles. The Labute approximate surface area is 143 Å². The highest BCUT2D eigenvalue weighted by molar-refractivity contribution is 5.97. The second kappa shape index (κ2) is 6.88. The Hall–Kier alpha value is -2.96. The van der Waals surface area contributed by atoms with E-state index in [0.717, 1.165) is 6.07 Å². The number of anilines is 1. The van der Waals surface area contributed by atoms with Crippen LogP contribution in [0.25, 0.3) is 0 Å². The van der Waals surface area contributed by atoms with E-state index >= 15 is 0 Å². The van der Waals surface area contributed by atoms with Crippen molar-refractivity contribution in [3.8, 4) is 0 Å². The van der Waals surface area contributed by atoms with Gasteiger partial charge in [-0.3, -0.25) is 9.59 Å². The summed E-state index contributed by atoms with van der Waals surface area (Å²) < 4.78 is 26.5. The zero-order valence-corrected chi connectivity index (χ0v) is 13.4. The van der Waals surface area contributed by atoms with E-state index in [0.29, 0.717) is 29.9 Å². The van der Waals surface area contributed by atoms with Gasteiger partial charge in [-0.2, -0.15) is 0 Å². The van der Waals surface area contributed by atoms with E-state index in [-0.39, 0.29) is 24.9 Å². The number of amides is 2. The van der Waals surface area contributed by atoms with Gasteiger partial charge < -0.3 is 15.5 Å². The summed E-state index contributed by atoms with van der Waals surface area (Å²) in [7, 11) is 0. The monoisotopic (exact) mass is 345 g/mol. The van der Waals surface area contributed by atoms with Crippen molar-refractivity contribution in [1.82, 2.24) is 9.80 Å². The van der Waals surface area contributed by atoms with Crippen LogP contribution in [0.1, 0.15) is 15.9 Å². The molecule has 25 heavy (non-hydrogen) atoms. The number of halogens is 2. The third-order valence-electron chi connectivity index (χ3n) is 4.06. The number of benzene rings is 2. The number of carbonyl (C=O) groups is 2. The Kier molecular flexibility index (Phi) is 4.65. The van der Waals surface area contributed by atoms with Gasteiger partial charge >= 0.3 is 0 Å². The average molecular weight is 345 g/mol. The molecule has 0 aromatic heterocycles. The Bertz CT molecular complexity index is 788. The SMILES string of the molecule is Nc1ccc(C(=O)N2CCN(Cc3cc(F)cc(F)c3)C(=O)C2)cc1. The van der Waals surface area contributed by atoms with Crippen LogP contribution in [0.2, 0.25) is 0 Å². The first-order chi connectivity index (χ1) is 11.9. The standard InChI is InChI=1S/C18H17F2N3O2/c19-14-7-12(8-15(20)9-14)10-22-5-6-23(11-17(22)24)18(25)13-1-3-16(21)4-2-13/h1-4,7-9H,5-6,10-11,21H2. The second-order valence-electron chi connectivity index (χ2n) is 5.94. The fourth-order valence-corrected chi connectivity index (χ4v) is 2.78. The van der Waals surface area contributed by atoms with Crippen molar-refractivity contribution in [2.45, 2.75) is 6.54 Å². The Morgan fingerprint density at radius 3 is 2.28 bits per heavy atom. The van der Waals surface area contributed by atoms with Crippen molar-refractivity contribution in [2.75, 3.05) is 25.4 Å². The molecule has 0 aliphatic carbocycles. The van der Waals surface area contributed by atoms with Crippen LogP contribution in [0.4, 0.5) is 14.5 Å². The minimum Gasteiger partial charge on any atom is -0.399 e. The van der Waals surface area contributed by atoms with Crippen molar-refractivity contribution in [2.24, 2.45) is 0 Å². The van der Waals surface area contributed by atoms with E-state index in [9.17, 15) is 18.4 Å². The maximum Gasteiger partial charge on any atom is 0.254 e. The molecule has 0 saturated carbocycles. The summed E-state index contributed by atoms with van der Waals surface area (Å²) in [6, 6.07) is 9.67. The van der Waals surface area contributed by atoms with Crippen LogP contribution in [-0.2, 0) is 11.3 Å². The van der Waals surface area contributed by atoms with Crippen LogP contribution < -0.4 is 5.73 Å². The number of carbonyl (C=O) groups excluding carboxylic acids is 2. The molecule has 0 atom stereocenters. The molecule has 0 spiro atoms. The number of rotatable bonds is 3. The van der Waals surface area contributed by atoms with Crippen LogP contribution in [0.5, 0.6) is 0 Å². The summed E-state index contributed by atoms with van der Waals surface area (Å²) in [5.41, 5.74) is 7.00. The van der Waals surface area contributed by atoms with Crippen LogP contribution >= 0.6 is 0 Å². The smallest absolute Gasteiger partial charge is 0.254 e. The predicted molar refractivity (Wildman–Crippen MR) is 88.5 cm³/mol. The van der Waals surface area contributed by atoms with Gasteiger partial charge in [0.15, 0.2) is 0 Å². The van der Waals surface area contributed by atoms with Gasteiger partial charge in [0.2, 0.25) is 5.91 Å². The molecule has 1 fully saturated rings. The first-order valence-corrected chi connectivity index (χ1v) is 7.80. The van der Waals surface area contributed by atoms with Crippen LogP contribution in [0, 0.1) is 11.6 Å². The van der Waals surface area contributed by atoms with Crippen LogP contribution in [0.3, 0.4) is 0 Å². The molecular formula is C18H17F2N3O2. The predicted octanol–water partition coefficient (Wildman–Crippen LogP) is 2.03. The van der Waals surface area contributed by atoms with Crippen LogP contribution in [-0.4, -0.2) is 41.2 Å². The summed E-state index contributed by atoms with van der Waals surface area (Å²) in [5, 5.41) is 0. The number of piperazine rings is 1. The Morgan fingerprint density at radius 1 is 1.04 bits per heavy atom. The average Bonchev–Trinajstić information content (AvgIpc) is 2.56. The van der Waals surface area contributed by atoms with Crippen molar-refractivity contribution in [1.29, 1.82) is 0 Å². The number of nitrogens with zero attached hydrogens (tertiary/aromatic N) is 2. The third kappa shape index (κ3) is 3.93. The Morgan fingerprint density at radius 2 is 1.68 bits per heavy atom. The van der Waals surface area contributed by atoms with Gasteiger partial charge in [-0.25, -0.2) is 8.78 Å². The summed E-state index contributed by atoms with van der Waals surface area (Å²) in [6.07, 6.45) is 0. The van der Waals surface area contributed by atoms with Crippen molar-refractivity contribution in [3.05, 3.63) is 65.2 Å². The summed E-state index contributed by atoms with van der Waals surface area (Å²) >= 11 is 0. The number of nitrogens with two attached hydrogens (primary N) is 1. The minimum absolute atomic E-state index is 0.0684. The van der Waals surface area contributed by atoms with E-state index < -0.39 is 11.6 Å². The highest BCUT2D eigenvalue weighted by Crippen LogP contribution is 2.15. The number of hydrogen-bond donors (Lipinski definition) is 1. The zero-order valence-electron chi connectivity index (χ0n) is 13.4. The maximum absolute atomic E-state index is 13.3. The van der Waals surface area contributed by atoms with Gasteiger partial charge in [-0.15, -0.1) is 0 Å². The highest BCUT2D eigenvalue weighted by atomic mass is 19.1. The third-order valence-corrected chi connectivity index (χ3v) is 4.06. The molecule has 0 bridgehead atoms. The fourth-order valence-electron chi connectivity index (χ4n) is 2.78. The van der Waals surface area contributed by atoms with E-state index in [1.165, 1.54) is 21.9 Å². The molecule has 7 heteroatoms. The van der Waals surface area contributed by atoms with E-state index in [2.05, 4.69) is 0 Å². The lowest BCUT2D eigenvalue weighted by Gasteiger charge is -2.34. The van der Waals surface area contributed by atoms with E-state index in [4.69, 9.17) is 5.73 Å². The van der Waals surface area contributed by atoms with Gasteiger partial charge in [0.1, 0.15) is 18.2 Å². The van der Waals surface area contributed by atoms with Crippen LogP contribution in [0.15, 0.2) is 42.5 Å². The lowest BCUT2D eigenvalue weighted by molar-refractivity contribution is -0.135. The second-order valence-corrected chi connectivity index (χ2v) is 5.94. The Balaban J connectivity index is 1.65. The molecule has 5 nitrogen and oxygen atoms in total. The topological polar surface area (TPSA) is 66.6 Å². The molecule has 1 aliphatic heterocycles. The molecule has 1 heterocycles. The van der Waals surface area contributed by atoms with Gasteiger partial charge in [0.05, 0.1) is 0 Å². The summed E-state index contributed by atoms with van der Waals surface area (Å²) in [5.74, 6) is -1.87. The zero-order chi connectivity index (χ0) is 18.0. The molecule has 1 saturated heterocycles. The molecule has 0 radical (unpaired) electrons. The molecule has 2 aromatic rings. The van der Waals surface area contributed by atoms with Gasteiger partial charge in [-0.1, -0.05) is 0 Å². The van der Waals surface area contributed by atoms with E-state index in [1.807, 2.05) is 0 Å². The van der Waals surface area contributed by atoms with Gasteiger partial charge in [-0.05, 0) is 42.0 Å². The highest BCUT2D eigenvalue weighted by Gasteiger charge is 2.27. The number of hydrogen-bond acceptors (Lipinski definition) is 3. The van der Waals surface area contributed by atoms with Crippen molar-refractivity contribution >= 4 is 17.5 Å². The molecule has 1 aliphatic rings. The molecule has 3 rings (SSSR count). The fraction of sp³-hybridized carbons (Fsp3) is 0.222. The summed E-state index contributed by atoms with van der Waals surface area (Å²) in [4.78, 5) is 27.7. The molecular weight excluding hydrogens is 328 g/mol.